The Labute approximate surface area is 147 Å². The van der Waals surface area contributed by atoms with Crippen molar-refractivity contribution in [1.29, 1.82) is 0 Å². The number of benzene rings is 1. The number of nitrogens with one attached hydrogen (secondary N) is 1. The fraction of sp³-hybridized carbons (Fsp3) is 0.211. The van der Waals surface area contributed by atoms with Crippen molar-refractivity contribution in [1.82, 2.24) is 14.8 Å². The van der Waals surface area contributed by atoms with Gasteiger partial charge in [0.1, 0.15) is 0 Å². The maximum atomic E-state index is 12.4. The normalized spacial score (nSPS) is 10.6. The summed E-state index contributed by atoms with van der Waals surface area (Å²) in [5.74, 6) is 0.558. The molecule has 1 N–H and O–H groups in total. The molecule has 2 aromatic heterocycles. The zero-order valence-electron chi connectivity index (χ0n) is 14.8. The van der Waals surface area contributed by atoms with E-state index in [0.717, 1.165) is 22.9 Å². The number of aromatic nitrogens is 3. The second kappa shape index (κ2) is 6.76. The van der Waals surface area contributed by atoms with Crippen LogP contribution < -0.4 is 10.2 Å². The van der Waals surface area contributed by atoms with Gasteiger partial charge in [0.2, 0.25) is 0 Å². The fourth-order valence-electron chi connectivity index (χ4n) is 2.57. The zero-order chi connectivity index (χ0) is 18.0. The Morgan fingerprint density at radius 1 is 1.12 bits per heavy atom. The van der Waals surface area contributed by atoms with Crippen LogP contribution in [0.4, 0.5) is 11.4 Å². The van der Waals surface area contributed by atoms with Crippen LogP contribution in [0.1, 0.15) is 21.7 Å². The zero-order valence-corrected chi connectivity index (χ0v) is 14.8. The third kappa shape index (κ3) is 3.68. The van der Waals surface area contributed by atoms with Crippen LogP contribution in [0.5, 0.6) is 0 Å². The molecule has 128 valence electrons. The molecule has 0 aliphatic rings. The lowest BCUT2D eigenvalue weighted by molar-refractivity contribution is 0.102. The highest BCUT2D eigenvalue weighted by molar-refractivity contribution is 6.04. The minimum Gasteiger partial charge on any atom is -0.378 e. The molecule has 25 heavy (non-hydrogen) atoms. The van der Waals surface area contributed by atoms with Crippen LogP contribution >= 0.6 is 0 Å². The molecule has 3 aromatic rings. The Balaban J connectivity index is 1.76. The molecule has 0 saturated carbocycles. The summed E-state index contributed by atoms with van der Waals surface area (Å²) in [6.07, 6.45) is 1.64. The average molecular weight is 335 g/mol. The van der Waals surface area contributed by atoms with Crippen molar-refractivity contribution in [2.45, 2.75) is 13.8 Å². The van der Waals surface area contributed by atoms with E-state index >= 15 is 0 Å². The first-order valence-electron chi connectivity index (χ1n) is 8.02. The fourth-order valence-corrected chi connectivity index (χ4v) is 2.57. The SMILES string of the molecule is Cc1cc(C)n(-c2ccc(NC(=O)c3cccc(N(C)C)c3)cn2)n1. The Bertz CT molecular complexity index is 896. The van der Waals surface area contributed by atoms with E-state index in [9.17, 15) is 4.79 Å². The minimum atomic E-state index is -0.163. The van der Waals surface area contributed by atoms with E-state index in [1.54, 1.807) is 16.9 Å². The number of carbonyl (C=O) groups excluding carboxylic acids is 1. The van der Waals surface area contributed by atoms with Gasteiger partial charge in [0.25, 0.3) is 5.91 Å². The highest BCUT2D eigenvalue weighted by Crippen LogP contribution is 2.16. The molecule has 0 spiro atoms. The van der Waals surface area contributed by atoms with Gasteiger partial charge in [-0.3, -0.25) is 4.79 Å². The summed E-state index contributed by atoms with van der Waals surface area (Å²) in [6, 6.07) is 13.1. The number of aryl methyl sites for hydroxylation is 2. The number of amides is 1. The van der Waals surface area contributed by atoms with E-state index in [4.69, 9.17) is 0 Å². The van der Waals surface area contributed by atoms with Crippen LogP contribution in [0.15, 0.2) is 48.7 Å². The topological polar surface area (TPSA) is 63.1 Å². The molecule has 0 fully saturated rings. The molecule has 0 radical (unpaired) electrons. The maximum absolute atomic E-state index is 12.4. The minimum absolute atomic E-state index is 0.163. The van der Waals surface area contributed by atoms with Gasteiger partial charge in [-0.1, -0.05) is 6.07 Å². The van der Waals surface area contributed by atoms with Crippen LogP contribution in [0, 0.1) is 13.8 Å². The van der Waals surface area contributed by atoms with Crippen LogP contribution in [0.2, 0.25) is 0 Å². The molecule has 1 amide bonds. The molecular formula is C19H21N5O. The second-order valence-corrected chi connectivity index (χ2v) is 6.14. The Hall–Kier alpha value is -3.15. The molecule has 0 bridgehead atoms. The van der Waals surface area contributed by atoms with Crippen molar-refractivity contribution < 1.29 is 4.79 Å². The molecule has 2 heterocycles. The van der Waals surface area contributed by atoms with Crippen molar-refractivity contribution in [3.05, 3.63) is 65.6 Å². The van der Waals surface area contributed by atoms with E-state index in [1.165, 1.54) is 0 Å². The number of carbonyl (C=O) groups is 1. The van der Waals surface area contributed by atoms with Crippen molar-refractivity contribution in [2.75, 3.05) is 24.3 Å². The largest absolute Gasteiger partial charge is 0.378 e. The third-order valence-electron chi connectivity index (χ3n) is 3.86. The predicted molar refractivity (Wildman–Crippen MR) is 99.6 cm³/mol. The number of anilines is 2. The van der Waals surface area contributed by atoms with Crippen LogP contribution in [-0.2, 0) is 0 Å². The molecule has 0 aliphatic heterocycles. The first-order valence-corrected chi connectivity index (χ1v) is 8.02. The van der Waals surface area contributed by atoms with Gasteiger partial charge in [-0.05, 0) is 50.2 Å². The van der Waals surface area contributed by atoms with Crippen LogP contribution in [-0.4, -0.2) is 34.8 Å². The van der Waals surface area contributed by atoms with Gasteiger partial charge in [0, 0.05) is 31.0 Å². The average Bonchev–Trinajstić information content (AvgIpc) is 2.94. The Kier molecular flexibility index (Phi) is 4.52. The summed E-state index contributed by atoms with van der Waals surface area (Å²) in [5.41, 5.74) is 4.18. The molecule has 6 nitrogen and oxygen atoms in total. The number of pyridine rings is 1. The molecule has 0 saturated heterocycles. The number of rotatable bonds is 4. The predicted octanol–water partition coefficient (Wildman–Crippen LogP) is 3.20. The highest BCUT2D eigenvalue weighted by Gasteiger charge is 2.09. The van der Waals surface area contributed by atoms with Crippen molar-refractivity contribution in [2.24, 2.45) is 0 Å². The molecule has 0 unspecified atom stereocenters. The monoisotopic (exact) mass is 335 g/mol. The maximum Gasteiger partial charge on any atom is 0.255 e. The Morgan fingerprint density at radius 2 is 1.92 bits per heavy atom. The number of hydrogen-bond acceptors (Lipinski definition) is 4. The van der Waals surface area contributed by atoms with E-state index in [-0.39, 0.29) is 5.91 Å². The molecule has 3 rings (SSSR count). The van der Waals surface area contributed by atoms with Gasteiger partial charge in [-0.25, -0.2) is 9.67 Å². The van der Waals surface area contributed by atoms with E-state index in [2.05, 4.69) is 15.4 Å². The molecular weight excluding hydrogens is 314 g/mol. The number of nitrogens with zero attached hydrogens (tertiary/aromatic N) is 4. The van der Waals surface area contributed by atoms with Gasteiger partial charge in [0.15, 0.2) is 5.82 Å². The summed E-state index contributed by atoms with van der Waals surface area (Å²) < 4.78 is 1.78. The molecule has 6 heteroatoms. The lowest BCUT2D eigenvalue weighted by Gasteiger charge is -2.13. The van der Waals surface area contributed by atoms with Gasteiger partial charge >= 0.3 is 0 Å². The van der Waals surface area contributed by atoms with Crippen molar-refractivity contribution in [3.63, 3.8) is 0 Å². The Morgan fingerprint density at radius 3 is 2.52 bits per heavy atom. The highest BCUT2D eigenvalue weighted by atomic mass is 16.1. The standard InChI is InChI=1S/C19H21N5O/c1-13-10-14(2)24(22-13)18-9-8-16(12-20-18)21-19(25)15-6-5-7-17(11-15)23(3)4/h5-12H,1-4H3,(H,21,25). The van der Waals surface area contributed by atoms with Crippen LogP contribution in [0.3, 0.4) is 0 Å². The van der Waals surface area contributed by atoms with E-state index in [0.29, 0.717) is 11.3 Å². The summed E-state index contributed by atoms with van der Waals surface area (Å²) in [5, 5.41) is 7.28. The quantitative estimate of drug-likeness (QED) is 0.795. The molecule has 1 aromatic carbocycles. The number of hydrogen-bond donors (Lipinski definition) is 1. The van der Waals surface area contributed by atoms with Gasteiger partial charge < -0.3 is 10.2 Å². The summed E-state index contributed by atoms with van der Waals surface area (Å²) >= 11 is 0. The summed E-state index contributed by atoms with van der Waals surface area (Å²) in [6.45, 7) is 3.93. The van der Waals surface area contributed by atoms with Gasteiger partial charge in [-0.2, -0.15) is 5.10 Å². The lowest BCUT2D eigenvalue weighted by Crippen LogP contribution is -2.14. The first kappa shape index (κ1) is 16.7. The molecule has 0 atom stereocenters. The first-order chi connectivity index (χ1) is 11.9. The summed E-state index contributed by atoms with van der Waals surface area (Å²) in [4.78, 5) is 18.8. The lowest BCUT2D eigenvalue weighted by atomic mass is 10.2. The van der Waals surface area contributed by atoms with Crippen molar-refractivity contribution >= 4 is 17.3 Å². The van der Waals surface area contributed by atoms with E-state index in [1.807, 2.05) is 69.2 Å². The smallest absolute Gasteiger partial charge is 0.255 e. The third-order valence-corrected chi connectivity index (χ3v) is 3.86. The summed E-state index contributed by atoms with van der Waals surface area (Å²) in [7, 11) is 3.89. The van der Waals surface area contributed by atoms with Gasteiger partial charge in [0.05, 0.1) is 17.6 Å². The van der Waals surface area contributed by atoms with Gasteiger partial charge in [-0.15, -0.1) is 0 Å². The van der Waals surface area contributed by atoms with Crippen LogP contribution in [0.25, 0.3) is 5.82 Å². The van der Waals surface area contributed by atoms with E-state index < -0.39 is 0 Å². The van der Waals surface area contributed by atoms with Crippen molar-refractivity contribution in [3.8, 4) is 5.82 Å². The molecule has 0 aliphatic carbocycles. The second-order valence-electron chi connectivity index (χ2n) is 6.14.